The lowest BCUT2D eigenvalue weighted by atomic mass is 10.1. The second-order valence-electron chi connectivity index (χ2n) is 6.95. The minimum Gasteiger partial charge on any atom is -0.493 e. The van der Waals surface area contributed by atoms with E-state index < -0.39 is 0 Å². The standard InChI is InChI=1S/C25H32OS/c1-3-5-6-7-10-20-26-24-13-9-8-12-22(24)18-19-25(27)23-16-14-21(11-4-2)15-17-23/h8-9,12-19H,3-7,10-11,20H2,1-2H3. The third kappa shape index (κ3) is 7.68. The SMILES string of the molecule is CCCCCCCOc1ccccc1C=CC(=S)c1ccc(CCC)cc1. The van der Waals surface area contributed by atoms with Crippen LogP contribution in [0.15, 0.2) is 54.6 Å². The Morgan fingerprint density at radius 2 is 1.63 bits per heavy atom. The average Bonchev–Trinajstić information content (AvgIpc) is 2.70. The number of allylic oxidation sites excluding steroid dienone is 1. The second-order valence-corrected chi connectivity index (χ2v) is 7.38. The summed E-state index contributed by atoms with van der Waals surface area (Å²) in [6, 6.07) is 16.8. The summed E-state index contributed by atoms with van der Waals surface area (Å²) in [7, 11) is 0. The van der Waals surface area contributed by atoms with Crippen molar-refractivity contribution in [3.05, 3.63) is 71.3 Å². The van der Waals surface area contributed by atoms with E-state index in [4.69, 9.17) is 17.0 Å². The van der Waals surface area contributed by atoms with Gasteiger partial charge in [-0.05, 0) is 42.2 Å². The Kier molecular flexibility index (Phi) is 9.86. The quantitative estimate of drug-likeness (QED) is 0.164. The van der Waals surface area contributed by atoms with Gasteiger partial charge in [-0.15, -0.1) is 0 Å². The smallest absolute Gasteiger partial charge is 0.126 e. The molecular formula is C25H32OS. The Morgan fingerprint density at radius 1 is 0.889 bits per heavy atom. The minimum absolute atomic E-state index is 0.776. The summed E-state index contributed by atoms with van der Waals surface area (Å²) in [5.74, 6) is 0.935. The molecule has 27 heavy (non-hydrogen) atoms. The van der Waals surface area contributed by atoms with Crippen LogP contribution in [0.5, 0.6) is 5.75 Å². The zero-order valence-electron chi connectivity index (χ0n) is 16.7. The van der Waals surface area contributed by atoms with Crippen molar-refractivity contribution in [1.29, 1.82) is 0 Å². The first-order chi connectivity index (χ1) is 13.2. The summed E-state index contributed by atoms with van der Waals surface area (Å²) in [6.45, 7) is 5.22. The molecule has 0 spiro atoms. The Balaban J connectivity index is 1.92. The van der Waals surface area contributed by atoms with Gasteiger partial charge in [0.05, 0.1) is 6.61 Å². The number of aryl methyl sites for hydroxylation is 1. The van der Waals surface area contributed by atoms with E-state index in [2.05, 4.69) is 50.3 Å². The van der Waals surface area contributed by atoms with Gasteiger partial charge in [0, 0.05) is 10.4 Å². The topological polar surface area (TPSA) is 9.23 Å². The predicted octanol–water partition coefficient (Wildman–Crippen LogP) is 7.42. The lowest BCUT2D eigenvalue weighted by Gasteiger charge is -2.09. The van der Waals surface area contributed by atoms with Crippen LogP contribution in [0.4, 0.5) is 0 Å². The largest absolute Gasteiger partial charge is 0.493 e. The number of ether oxygens (including phenoxy) is 1. The Hall–Kier alpha value is -1.93. The molecular weight excluding hydrogens is 348 g/mol. The highest BCUT2D eigenvalue weighted by Gasteiger charge is 2.02. The van der Waals surface area contributed by atoms with Crippen molar-refractivity contribution < 1.29 is 4.74 Å². The normalized spacial score (nSPS) is 11.0. The number of hydrogen-bond donors (Lipinski definition) is 0. The number of unbranched alkanes of at least 4 members (excludes halogenated alkanes) is 4. The van der Waals surface area contributed by atoms with Gasteiger partial charge in [-0.3, -0.25) is 0 Å². The number of para-hydroxylation sites is 1. The van der Waals surface area contributed by atoms with Gasteiger partial charge in [-0.25, -0.2) is 0 Å². The molecule has 0 radical (unpaired) electrons. The molecule has 0 aliphatic rings. The molecule has 0 aliphatic heterocycles. The fourth-order valence-electron chi connectivity index (χ4n) is 3.02. The molecule has 2 aromatic carbocycles. The summed E-state index contributed by atoms with van der Waals surface area (Å²) in [6.07, 6.45) is 12.6. The fourth-order valence-corrected chi connectivity index (χ4v) is 3.23. The van der Waals surface area contributed by atoms with E-state index in [1.807, 2.05) is 24.3 Å². The summed E-state index contributed by atoms with van der Waals surface area (Å²) >= 11 is 5.59. The van der Waals surface area contributed by atoms with Crippen LogP contribution in [0.3, 0.4) is 0 Å². The van der Waals surface area contributed by atoms with Crippen LogP contribution < -0.4 is 4.74 Å². The maximum absolute atomic E-state index is 6.00. The van der Waals surface area contributed by atoms with Crippen LogP contribution in [0, 0.1) is 0 Å². The van der Waals surface area contributed by atoms with E-state index in [9.17, 15) is 0 Å². The fraction of sp³-hybridized carbons (Fsp3) is 0.400. The van der Waals surface area contributed by atoms with Gasteiger partial charge >= 0.3 is 0 Å². The molecule has 2 heteroatoms. The minimum atomic E-state index is 0.776. The first-order valence-electron chi connectivity index (χ1n) is 10.3. The van der Waals surface area contributed by atoms with Crippen LogP contribution in [0.25, 0.3) is 6.08 Å². The number of thiocarbonyl (C=S) groups is 1. The molecule has 1 nitrogen and oxygen atoms in total. The van der Waals surface area contributed by atoms with Crippen LogP contribution in [0.1, 0.15) is 69.1 Å². The van der Waals surface area contributed by atoms with Crippen LogP contribution in [-0.2, 0) is 6.42 Å². The molecule has 0 aliphatic carbocycles. The third-order valence-corrected chi connectivity index (χ3v) is 4.99. The molecule has 0 saturated heterocycles. The first-order valence-corrected chi connectivity index (χ1v) is 10.7. The maximum atomic E-state index is 6.00. The molecule has 144 valence electrons. The third-order valence-electron chi connectivity index (χ3n) is 4.62. The van der Waals surface area contributed by atoms with E-state index in [0.717, 1.165) is 41.2 Å². The highest BCUT2D eigenvalue weighted by atomic mass is 32.1. The molecule has 2 rings (SSSR count). The van der Waals surface area contributed by atoms with Crippen molar-refractivity contribution in [1.82, 2.24) is 0 Å². The van der Waals surface area contributed by atoms with E-state index in [0.29, 0.717) is 0 Å². The molecule has 2 aromatic rings. The molecule has 0 atom stereocenters. The average molecular weight is 381 g/mol. The molecule has 0 fully saturated rings. The highest BCUT2D eigenvalue weighted by molar-refractivity contribution is 7.81. The lowest BCUT2D eigenvalue weighted by molar-refractivity contribution is 0.304. The molecule has 0 amide bonds. The van der Waals surface area contributed by atoms with Gasteiger partial charge in [0.1, 0.15) is 5.75 Å². The second kappa shape index (κ2) is 12.5. The molecule has 0 unspecified atom stereocenters. The zero-order valence-corrected chi connectivity index (χ0v) is 17.6. The summed E-state index contributed by atoms with van der Waals surface area (Å²) in [5.41, 5.74) is 3.54. The summed E-state index contributed by atoms with van der Waals surface area (Å²) < 4.78 is 6.00. The number of hydrogen-bond acceptors (Lipinski definition) is 2. The van der Waals surface area contributed by atoms with Gasteiger partial charge < -0.3 is 4.74 Å². The van der Waals surface area contributed by atoms with Gasteiger partial charge in [0.15, 0.2) is 0 Å². The van der Waals surface area contributed by atoms with Crippen LogP contribution >= 0.6 is 12.2 Å². The van der Waals surface area contributed by atoms with Gasteiger partial charge in [-0.2, -0.15) is 0 Å². The van der Waals surface area contributed by atoms with Crippen molar-refractivity contribution in [2.75, 3.05) is 6.61 Å². The van der Waals surface area contributed by atoms with Gasteiger partial charge in [0.25, 0.3) is 0 Å². The van der Waals surface area contributed by atoms with Crippen molar-refractivity contribution in [3.8, 4) is 5.75 Å². The molecule has 0 aromatic heterocycles. The maximum Gasteiger partial charge on any atom is 0.126 e. The van der Waals surface area contributed by atoms with E-state index in [1.54, 1.807) is 0 Å². The Bertz CT molecular complexity index is 715. The summed E-state index contributed by atoms with van der Waals surface area (Å²) in [5, 5.41) is 0. The predicted molar refractivity (Wildman–Crippen MR) is 122 cm³/mol. The van der Waals surface area contributed by atoms with E-state index >= 15 is 0 Å². The van der Waals surface area contributed by atoms with Gasteiger partial charge in [0.2, 0.25) is 0 Å². The molecule has 0 heterocycles. The van der Waals surface area contributed by atoms with Crippen molar-refractivity contribution in [2.24, 2.45) is 0 Å². The van der Waals surface area contributed by atoms with Crippen LogP contribution in [0.2, 0.25) is 0 Å². The van der Waals surface area contributed by atoms with E-state index in [1.165, 1.54) is 37.7 Å². The number of benzene rings is 2. The Labute approximate surface area is 170 Å². The molecule has 0 bridgehead atoms. The van der Waals surface area contributed by atoms with Crippen molar-refractivity contribution >= 4 is 23.2 Å². The van der Waals surface area contributed by atoms with E-state index in [-0.39, 0.29) is 0 Å². The van der Waals surface area contributed by atoms with Crippen molar-refractivity contribution in [2.45, 2.75) is 58.8 Å². The van der Waals surface area contributed by atoms with Gasteiger partial charge in [-0.1, -0.05) is 101 Å². The number of rotatable bonds is 12. The Morgan fingerprint density at radius 3 is 2.37 bits per heavy atom. The zero-order chi connectivity index (χ0) is 19.3. The first kappa shape index (κ1) is 21.4. The summed E-state index contributed by atoms with van der Waals surface area (Å²) in [4.78, 5) is 0.854. The van der Waals surface area contributed by atoms with Crippen LogP contribution in [-0.4, -0.2) is 11.5 Å². The molecule has 0 saturated carbocycles. The molecule has 0 N–H and O–H groups in total. The lowest BCUT2D eigenvalue weighted by Crippen LogP contribution is -1.99. The highest BCUT2D eigenvalue weighted by Crippen LogP contribution is 2.21. The monoisotopic (exact) mass is 380 g/mol. The van der Waals surface area contributed by atoms with Crippen molar-refractivity contribution in [3.63, 3.8) is 0 Å².